The third kappa shape index (κ3) is 4.13. The van der Waals surface area contributed by atoms with Crippen molar-refractivity contribution in [1.29, 1.82) is 0 Å². The van der Waals surface area contributed by atoms with Gasteiger partial charge in [0.2, 0.25) is 0 Å². The van der Waals surface area contributed by atoms with Crippen LogP contribution in [-0.2, 0) is 6.42 Å². The SMILES string of the molecule is COc1ccccc1CCNC(=O)c1csc(C2CCCNC2)n1. The average Bonchev–Trinajstić information content (AvgIpc) is 3.13. The lowest BCUT2D eigenvalue weighted by atomic mass is 10.0. The molecule has 1 fully saturated rings. The van der Waals surface area contributed by atoms with E-state index < -0.39 is 0 Å². The summed E-state index contributed by atoms with van der Waals surface area (Å²) in [5.41, 5.74) is 1.62. The van der Waals surface area contributed by atoms with E-state index in [2.05, 4.69) is 15.6 Å². The zero-order chi connectivity index (χ0) is 16.8. The number of thiazole rings is 1. The average molecular weight is 345 g/mol. The maximum atomic E-state index is 12.3. The largest absolute Gasteiger partial charge is 0.496 e. The molecule has 5 nitrogen and oxygen atoms in total. The van der Waals surface area contributed by atoms with Gasteiger partial charge in [-0.15, -0.1) is 11.3 Å². The molecule has 1 atom stereocenters. The molecule has 3 rings (SSSR count). The summed E-state index contributed by atoms with van der Waals surface area (Å²) < 4.78 is 5.33. The molecule has 1 saturated heterocycles. The zero-order valence-electron chi connectivity index (χ0n) is 13.9. The van der Waals surface area contributed by atoms with Crippen molar-refractivity contribution >= 4 is 17.2 Å². The first-order chi connectivity index (χ1) is 11.8. The van der Waals surface area contributed by atoms with Gasteiger partial charge in [-0.25, -0.2) is 4.98 Å². The number of carbonyl (C=O) groups is 1. The first-order valence-electron chi connectivity index (χ1n) is 8.34. The van der Waals surface area contributed by atoms with Gasteiger partial charge in [-0.05, 0) is 37.4 Å². The smallest absolute Gasteiger partial charge is 0.270 e. The predicted molar refractivity (Wildman–Crippen MR) is 96.0 cm³/mol. The number of ether oxygens (including phenoxy) is 1. The summed E-state index contributed by atoms with van der Waals surface area (Å²) in [7, 11) is 1.66. The van der Waals surface area contributed by atoms with Gasteiger partial charge in [0, 0.05) is 24.4 Å². The number of hydrogen-bond donors (Lipinski definition) is 2. The van der Waals surface area contributed by atoms with Crippen LogP contribution < -0.4 is 15.4 Å². The fourth-order valence-electron chi connectivity index (χ4n) is 2.95. The number of rotatable bonds is 6. The highest BCUT2D eigenvalue weighted by Gasteiger charge is 2.20. The highest BCUT2D eigenvalue weighted by Crippen LogP contribution is 2.26. The van der Waals surface area contributed by atoms with Gasteiger partial charge in [0.15, 0.2) is 0 Å². The van der Waals surface area contributed by atoms with E-state index in [4.69, 9.17) is 4.74 Å². The van der Waals surface area contributed by atoms with Crippen LogP contribution in [0.5, 0.6) is 5.75 Å². The minimum atomic E-state index is -0.101. The number of nitrogens with one attached hydrogen (secondary N) is 2. The Kier molecular flexibility index (Phi) is 5.82. The molecule has 2 heterocycles. The Morgan fingerprint density at radius 3 is 3.12 bits per heavy atom. The lowest BCUT2D eigenvalue weighted by Crippen LogP contribution is -2.29. The summed E-state index contributed by atoms with van der Waals surface area (Å²) in [6.07, 6.45) is 3.05. The highest BCUT2D eigenvalue weighted by molar-refractivity contribution is 7.09. The van der Waals surface area contributed by atoms with Crippen molar-refractivity contribution in [2.45, 2.75) is 25.2 Å². The normalized spacial score (nSPS) is 17.5. The van der Waals surface area contributed by atoms with Crippen molar-refractivity contribution in [2.24, 2.45) is 0 Å². The van der Waals surface area contributed by atoms with Crippen LogP contribution in [-0.4, -0.2) is 37.6 Å². The molecule has 0 aliphatic carbocycles. The number of carbonyl (C=O) groups excluding carboxylic acids is 1. The standard InChI is InChI=1S/C18H23N3O2S/c1-23-16-7-3-2-5-13(16)8-10-20-17(22)15-12-24-18(21-15)14-6-4-9-19-11-14/h2-3,5,7,12,14,19H,4,6,8-11H2,1H3,(H,20,22). The summed E-state index contributed by atoms with van der Waals surface area (Å²) in [6.45, 7) is 2.61. The van der Waals surface area contributed by atoms with E-state index in [0.29, 0.717) is 18.2 Å². The zero-order valence-corrected chi connectivity index (χ0v) is 14.7. The van der Waals surface area contributed by atoms with Crippen LogP contribution in [0.2, 0.25) is 0 Å². The topological polar surface area (TPSA) is 63.2 Å². The van der Waals surface area contributed by atoms with Gasteiger partial charge in [0.1, 0.15) is 11.4 Å². The monoisotopic (exact) mass is 345 g/mol. The van der Waals surface area contributed by atoms with E-state index in [1.807, 2.05) is 29.6 Å². The molecule has 128 valence electrons. The Morgan fingerprint density at radius 1 is 1.46 bits per heavy atom. The van der Waals surface area contributed by atoms with Gasteiger partial charge in [-0.2, -0.15) is 0 Å². The van der Waals surface area contributed by atoms with Crippen molar-refractivity contribution in [1.82, 2.24) is 15.6 Å². The number of nitrogens with zero attached hydrogens (tertiary/aromatic N) is 1. The molecule has 1 amide bonds. The molecule has 1 aromatic heterocycles. The Balaban J connectivity index is 1.52. The molecule has 0 bridgehead atoms. The van der Waals surface area contributed by atoms with Gasteiger partial charge >= 0.3 is 0 Å². The number of benzene rings is 1. The molecule has 1 aliphatic heterocycles. The lowest BCUT2D eigenvalue weighted by molar-refractivity contribution is 0.0949. The molecule has 1 aromatic carbocycles. The highest BCUT2D eigenvalue weighted by atomic mass is 32.1. The molecule has 6 heteroatoms. The van der Waals surface area contributed by atoms with Crippen molar-refractivity contribution in [3.8, 4) is 5.75 Å². The van der Waals surface area contributed by atoms with Crippen LogP contribution >= 0.6 is 11.3 Å². The maximum absolute atomic E-state index is 12.3. The van der Waals surface area contributed by atoms with Crippen molar-refractivity contribution < 1.29 is 9.53 Å². The van der Waals surface area contributed by atoms with E-state index in [1.165, 1.54) is 6.42 Å². The molecule has 1 aliphatic rings. The maximum Gasteiger partial charge on any atom is 0.270 e. The van der Waals surface area contributed by atoms with E-state index >= 15 is 0 Å². The second-order valence-electron chi connectivity index (χ2n) is 5.93. The van der Waals surface area contributed by atoms with Crippen LogP contribution in [0.3, 0.4) is 0 Å². The molecule has 0 saturated carbocycles. The van der Waals surface area contributed by atoms with E-state index in [0.717, 1.165) is 42.3 Å². The number of amides is 1. The molecule has 0 spiro atoms. The van der Waals surface area contributed by atoms with E-state index in [-0.39, 0.29) is 5.91 Å². The van der Waals surface area contributed by atoms with Gasteiger partial charge in [0.25, 0.3) is 5.91 Å². The Hall–Kier alpha value is -1.92. The van der Waals surface area contributed by atoms with Crippen molar-refractivity contribution in [2.75, 3.05) is 26.7 Å². The van der Waals surface area contributed by atoms with Gasteiger partial charge in [0.05, 0.1) is 12.1 Å². The van der Waals surface area contributed by atoms with Crippen LogP contribution in [0, 0.1) is 0 Å². The molecule has 0 radical (unpaired) electrons. The third-order valence-electron chi connectivity index (χ3n) is 4.27. The number of hydrogen-bond acceptors (Lipinski definition) is 5. The number of para-hydroxylation sites is 1. The van der Waals surface area contributed by atoms with Crippen LogP contribution in [0.25, 0.3) is 0 Å². The van der Waals surface area contributed by atoms with E-state index in [9.17, 15) is 4.79 Å². The second kappa shape index (κ2) is 8.26. The summed E-state index contributed by atoms with van der Waals surface area (Å²) in [6, 6.07) is 7.87. The Labute approximate surface area is 146 Å². The minimum Gasteiger partial charge on any atom is -0.496 e. The summed E-state index contributed by atoms with van der Waals surface area (Å²) >= 11 is 1.59. The fraction of sp³-hybridized carbons (Fsp3) is 0.444. The minimum absolute atomic E-state index is 0.101. The number of methoxy groups -OCH3 is 1. The number of aromatic nitrogens is 1. The molecule has 2 aromatic rings. The van der Waals surface area contributed by atoms with Gasteiger partial charge in [-0.1, -0.05) is 18.2 Å². The molecular formula is C18H23N3O2S. The van der Waals surface area contributed by atoms with Crippen molar-refractivity contribution in [3.63, 3.8) is 0 Å². The van der Waals surface area contributed by atoms with Crippen LogP contribution in [0.4, 0.5) is 0 Å². The molecule has 1 unspecified atom stereocenters. The van der Waals surface area contributed by atoms with Gasteiger partial charge in [-0.3, -0.25) is 4.79 Å². The Morgan fingerprint density at radius 2 is 2.33 bits per heavy atom. The van der Waals surface area contributed by atoms with Crippen molar-refractivity contribution in [3.05, 3.63) is 45.9 Å². The van der Waals surface area contributed by atoms with E-state index in [1.54, 1.807) is 18.4 Å². The predicted octanol–water partition coefficient (Wildman–Crippen LogP) is 2.59. The molecule has 2 N–H and O–H groups in total. The van der Waals surface area contributed by atoms with Crippen LogP contribution in [0.15, 0.2) is 29.6 Å². The lowest BCUT2D eigenvalue weighted by Gasteiger charge is -2.20. The van der Waals surface area contributed by atoms with Gasteiger partial charge < -0.3 is 15.4 Å². The fourth-order valence-corrected chi connectivity index (χ4v) is 3.89. The Bertz CT molecular complexity index is 680. The third-order valence-corrected chi connectivity index (χ3v) is 5.28. The molecule has 24 heavy (non-hydrogen) atoms. The summed E-state index contributed by atoms with van der Waals surface area (Å²) in [5, 5.41) is 9.27. The molecular weight excluding hydrogens is 322 g/mol. The summed E-state index contributed by atoms with van der Waals surface area (Å²) in [5.74, 6) is 1.20. The first kappa shape index (κ1) is 16.9. The number of piperidine rings is 1. The first-order valence-corrected chi connectivity index (χ1v) is 9.22. The quantitative estimate of drug-likeness (QED) is 0.845. The summed E-state index contributed by atoms with van der Waals surface area (Å²) in [4.78, 5) is 16.8. The van der Waals surface area contributed by atoms with Crippen LogP contribution in [0.1, 0.15) is 39.8 Å². The second-order valence-corrected chi connectivity index (χ2v) is 6.82.